The first kappa shape index (κ1) is 27.5. The fraction of sp³-hybridized carbons (Fsp3) is 0.370. The molecule has 0 aliphatic carbocycles. The van der Waals surface area contributed by atoms with Crippen molar-refractivity contribution in [3.63, 3.8) is 0 Å². The number of likely N-dealkylation sites (tertiary alicyclic amines) is 1. The summed E-state index contributed by atoms with van der Waals surface area (Å²) in [5.41, 5.74) is -1.24. The number of aliphatic hydroxyl groups is 1. The molecular formula is C27H32N4O6S. The van der Waals surface area contributed by atoms with Crippen LogP contribution in [0.3, 0.4) is 0 Å². The lowest BCUT2D eigenvalue weighted by Crippen LogP contribution is -2.52. The maximum Gasteiger partial charge on any atom is 0.296 e. The van der Waals surface area contributed by atoms with E-state index in [-0.39, 0.29) is 29.1 Å². The minimum absolute atomic E-state index is 0.0128. The third-order valence-electron chi connectivity index (χ3n) is 7.00. The van der Waals surface area contributed by atoms with Gasteiger partial charge in [0.25, 0.3) is 17.6 Å². The number of benzene rings is 2. The van der Waals surface area contributed by atoms with E-state index in [1.165, 1.54) is 48.2 Å². The van der Waals surface area contributed by atoms with Gasteiger partial charge in [-0.2, -0.15) is 0 Å². The molecule has 4 rings (SSSR count). The highest BCUT2D eigenvalue weighted by Crippen LogP contribution is 2.53. The summed E-state index contributed by atoms with van der Waals surface area (Å²) >= 11 is 0. The number of para-hydroxylation sites is 1. The summed E-state index contributed by atoms with van der Waals surface area (Å²) < 4.78 is 26.5. The molecule has 1 atom stereocenters. The van der Waals surface area contributed by atoms with Gasteiger partial charge < -0.3 is 19.8 Å². The van der Waals surface area contributed by atoms with E-state index in [2.05, 4.69) is 0 Å². The highest BCUT2D eigenvalue weighted by atomic mass is 32.2. The molecule has 2 aliphatic heterocycles. The van der Waals surface area contributed by atoms with Gasteiger partial charge in [0.2, 0.25) is 10.0 Å². The normalized spacial score (nSPS) is 20.9. The zero-order chi connectivity index (χ0) is 28.0. The number of anilines is 1. The number of hydrogen-bond donors (Lipinski definition) is 1. The van der Waals surface area contributed by atoms with Crippen LogP contribution in [0.1, 0.15) is 24.5 Å². The Morgan fingerprint density at radius 2 is 1.68 bits per heavy atom. The molecule has 0 bridgehead atoms. The summed E-state index contributed by atoms with van der Waals surface area (Å²) in [6, 6.07) is 12.4. The molecule has 10 nitrogen and oxygen atoms in total. The van der Waals surface area contributed by atoms with Crippen LogP contribution in [-0.4, -0.2) is 93.1 Å². The molecule has 38 heavy (non-hydrogen) atoms. The van der Waals surface area contributed by atoms with Crippen LogP contribution in [0.25, 0.3) is 5.76 Å². The van der Waals surface area contributed by atoms with Crippen molar-refractivity contribution in [2.24, 2.45) is 0 Å². The maximum atomic E-state index is 14.2. The fourth-order valence-electron chi connectivity index (χ4n) is 5.18. The summed E-state index contributed by atoms with van der Waals surface area (Å²) in [5.74, 6) is -2.99. The molecule has 1 N–H and O–H groups in total. The van der Waals surface area contributed by atoms with Gasteiger partial charge in [0, 0.05) is 38.3 Å². The maximum absolute atomic E-state index is 14.2. The molecule has 0 radical (unpaired) electrons. The van der Waals surface area contributed by atoms with Gasteiger partial charge in [-0.15, -0.1) is 0 Å². The average molecular weight is 541 g/mol. The second-order valence-corrected chi connectivity index (χ2v) is 11.9. The second kappa shape index (κ2) is 9.97. The molecule has 2 amide bonds. The van der Waals surface area contributed by atoms with Crippen LogP contribution in [0, 0.1) is 0 Å². The van der Waals surface area contributed by atoms with Crippen molar-refractivity contribution in [3.05, 3.63) is 65.2 Å². The van der Waals surface area contributed by atoms with Gasteiger partial charge in [0.1, 0.15) is 5.76 Å². The van der Waals surface area contributed by atoms with Crippen LogP contribution in [0.4, 0.5) is 5.69 Å². The molecule has 1 fully saturated rings. The molecule has 1 saturated heterocycles. The number of likely N-dealkylation sites (N-methyl/N-ethyl adjacent to an activating group) is 1. The Bertz CT molecular complexity index is 1450. The predicted molar refractivity (Wildman–Crippen MR) is 143 cm³/mol. The molecule has 11 heteroatoms. The van der Waals surface area contributed by atoms with Crippen LogP contribution >= 0.6 is 0 Å². The molecule has 0 saturated carbocycles. The highest BCUT2D eigenvalue weighted by Gasteiger charge is 2.66. The van der Waals surface area contributed by atoms with Gasteiger partial charge in [-0.1, -0.05) is 30.3 Å². The molecule has 2 aliphatic rings. The number of ketones is 1. The average Bonchev–Trinajstić information content (AvgIpc) is 3.26. The first-order valence-corrected chi connectivity index (χ1v) is 13.7. The van der Waals surface area contributed by atoms with Crippen molar-refractivity contribution < 1.29 is 27.9 Å². The van der Waals surface area contributed by atoms with Crippen molar-refractivity contribution in [1.82, 2.24) is 14.1 Å². The van der Waals surface area contributed by atoms with Crippen molar-refractivity contribution in [2.45, 2.75) is 23.8 Å². The summed E-state index contributed by atoms with van der Waals surface area (Å²) in [4.78, 5) is 45.9. The Morgan fingerprint density at radius 1 is 1.00 bits per heavy atom. The Balaban J connectivity index is 2.01. The molecule has 0 aromatic heterocycles. The third-order valence-corrected chi connectivity index (χ3v) is 8.81. The minimum Gasteiger partial charge on any atom is -0.507 e. The second-order valence-electron chi connectivity index (χ2n) is 9.76. The Kier molecular flexibility index (Phi) is 7.21. The molecule has 1 spiro atoms. The van der Waals surface area contributed by atoms with Crippen molar-refractivity contribution in [2.75, 3.05) is 52.7 Å². The smallest absolute Gasteiger partial charge is 0.296 e. The molecule has 2 heterocycles. The number of nitrogens with zero attached hydrogens (tertiary/aromatic N) is 4. The van der Waals surface area contributed by atoms with E-state index in [1.807, 2.05) is 19.0 Å². The number of sulfonamides is 1. The summed E-state index contributed by atoms with van der Waals surface area (Å²) in [6.45, 7) is 2.79. The van der Waals surface area contributed by atoms with Crippen LogP contribution in [-0.2, 0) is 29.9 Å². The third kappa shape index (κ3) is 4.01. The van der Waals surface area contributed by atoms with E-state index >= 15 is 0 Å². The van der Waals surface area contributed by atoms with Crippen LogP contribution < -0.4 is 4.90 Å². The van der Waals surface area contributed by atoms with E-state index < -0.39 is 38.9 Å². The Morgan fingerprint density at radius 3 is 2.32 bits per heavy atom. The monoisotopic (exact) mass is 540 g/mol. The van der Waals surface area contributed by atoms with Gasteiger partial charge in [0.05, 0.1) is 16.2 Å². The quantitative estimate of drug-likeness (QED) is 0.308. The van der Waals surface area contributed by atoms with E-state index in [1.54, 1.807) is 31.2 Å². The van der Waals surface area contributed by atoms with E-state index in [4.69, 9.17) is 0 Å². The number of rotatable bonds is 8. The minimum atomic E-state index is -3.85. The van der Waals surface area contributed by atoms with Gasteiger partial charge in [-0.05, 0) is 52.2 Å². The largest absolute Gasteiger partial charge is 0.507 e. The lowest BCUT2D eigenvalue weighted by atomic mass is 9.82. The van der Waals surface area contributed by atoms with E-state index in [9.17, 15) is 27.9 Å². The first-order chi connectivity index (χ1) is 17.9. The number of aliphatic hydroxyl groups excluding tert-OH is 1. The SMILES string of the molecule is CCN1C(=O)C2(/C(=C(/O)c3cccc(S(=O)(=O)N(C)C)c3)C(=O)C(=O)N2CCCN(C)C)c2ccccc21. The zero-order valence-corrected chi connectivity index (χ0v) is 22.9. The topological polar surface area (TPSA) is 119 Å². The van der Waals surface area contributed by atoms with Crippen LogP contribution in [0.5, 0.6) is 0 Å². The molecule has 1 unspecified atom stereocenters. The number of hydrogen-bond acceptors (Lipinski definition) is 7. The Hall–Kier alpha value is -3.54. The first-order valence-electron chi connectivity index (χ1n) is 12.3. The van der Waals surface area contributed by atoms with Gasteiger partial charge in [0.15, 0.2) is 5.54 Å². The predicted octanol–water partition coefficient (Wildman–Crippen LogP) is 1.83. The summed E-state index contributed by atoms with van der Waals surface area (Å²) in [5, 5.41) is 11.6. The number of amides is 2. The van der Waals surface area contributed by atoms with Crippen molar-refractivity contribution >= 4 is 39.1 Å². The van der Waals surface area contributed by atoms with Gasteiger partial charge in [-0.25, -0.2) is 12.7 Å². The number of carbonyl (C=O) groups excluding carboxylic acids is 3. The molecule has 2 aromatic rings. The van der Waals surface area contributed by atoms with E-state index in [0.717, 1.165) is 4.31 Å². The highest BCUT2D eigenvalue weighted by molar-refractivity contribution is 7.89. The number of fused-ring (bicyclic) bond motifs is 2. The van der Waals surface area contributed by atoms with Crippen molar-refractivity contribution in [3.8, 4) is 0 Å². The summed E-state index contributed by atoms with van der Waals surface area (Å²) in [7, 11) is 2.68. The number of Topliss-reactive ketones (excluding diaryl/α,β-unsaturated/α-hetero) is 1. The van der Waals surface area contributed by atoms with Gasteiger partial charge in [-0.3, -0.25) is 14.4 Å². The van der Waals surface area contributed by atoms with E-state index in [0.29, 0.717) is 24.2 Å². The fourth-order valence-corrected chi connectivity index (χ4v) is 6.13. The van der Waals surface area contributed by atoms with Crippen LogP contribution in [0.2, 0.25) is 0 Å². The van der Waals surface area contributed by atoms with Crippen molar-refractivity contribution in [1.29, 1.82) is 0 Å². The standard InChI is InChI=1S/C27H32N4O6S/c1-6-30-21-14-8-7-13-20(21)27(26(30)35)22(24(33)25(34)31(27)16-10-15-28(2)3)23(32)18-11-9-12-19(17-18)38(36,37)29(4)5/h7-9,11-14,17,32H,6,10,15-16H2,1-5H3/b23-22+. The molecule has 202 valence electrons. The lowest BCUT2D eigenvalue weighted by molar-refractivity contribution is -0.143. The van der Waals surface area contributed by atoms with Gasteiger partial charge >= 0.3 is 0 Å². The number of carbonyl (C=O) groups is 3. The zero-order valence-electron chi connectivity index (χ0n) is 22.1. The molecule has 2 aromatic carbocycles. The summed E-state index contributed by atoms with van der Waals surface area (Å²) in [6.07, 6.45) is 0.486. The lowest BCUT2D eigenvalue weighted by Gasteiger charge is -2.34. The van der Waals surface area contributed by atoms with Crippen LogP contribution in [0.15, 0.2) is 59.0 Å². The molecular weight excluding hydrogens is 508 g/mol. The Labute approximate surface area is 222 Å².